The molecule has 0 atom stereocenters. The predicted molar refractivity (Wildman–Crippen MR) is 260 cm³/mol. The Labute approximate surface area is 364 Å². The van der Waals surface area contributed by atoms with E-state index in [4.69, 9.17) is 19.4 Å². The largest absolute Gasteiger partial charge is 0.455 e. The van der Waals surface area contributed by atoms with Gasteiger partial charge in [-0.2, -0.15) is 0 Å². The Balaban J connectivity index is 1.01. The number of nitrogens with zero attached hydrogens (tertiary/aromatic N) is 3. The van der Waals surface area contributed by atoms with Crippen molar-refractivity contribution in [3.05, 3.63) is 224 Å². The van der Waals surface area contributed by atoms with Gasteiger partial charge in [0, 0.05) is 33.0 Å². The highest BCUT2D eigenvalue weighted by Gasteiger charge is 2.21. The van der Waals surface area contributed by atoms with Gasteiger partial charge in [0.1, 0.15) is 11.2 Å². The highest BCUT2D eigenvalue weighted by molar-refractivity contribution is 6.16. The molecule has 10 aromatic carbocycles. The van der Waals surface area contributed by atoms with E-state index < -0.39 is 0 Å². The van der Waals surface area contributed by atoms with Crippen LogP contribution < -0.4 is 0 Å². The molecule has 0 aliphatic carbocycles. The lowest BCUT2D eigenvalue weighted by Gasteiger charge is -2.13. The van der Waals surface area contributed by atoms with E-state index in [0.717, 1.165) is 88.2 Å². The van der Waals surface area contributed by atoms with Crippen LogP contribution >= 0.6 is 0 Å². The van der Waals surface area contributed by atoms with E-state index in [1.165, 1.54) is 16.5 Å². The van der Waals surface area contributed by atoms with Crippen molar-refractivity contribution in [1.29, 1.82) is 0 Å². The van der Waals surface area contributed by atoms with Gasteiger partial charge >= 0.3 is 0 Å². The zero-order chi connectivity index (χ0) is 41.7. The SMILES string of the molecule is c1ccc(-c2ccc(-c3cccc(-c4cccc5c4oc4cccc(-c6nc(-c7ccc(-c8ccccc8)cc7)nc(-c7cc8ccccc8c8ccccc78)n6)c45)c3)cc2)cc1. The van der Waals surface area contributed by atoms with Crippen molar-refractivity contribution in [2.24, 2.45) is 0 Å². The van der Waals surface area contributed by atoms with E-state index in [-0.39, 0.29) is 0 Å². The van der Waals surface area contributed by atoms with Crippen molar-refractivity contribution >= 4 is 43.5 Å². The van der Waals surface area contributed by atoms with Gasteiger partial charge in [-0.25, -0.2) is 15.0 Å². The fourth-order valence-electron chi connectivity index (χ4n) is 9.04. The van der Waals surface area contributed by atoms with Gasteiger partial charge in [-0.15, -0.1) is 0 Å². The Morgan fingerprint density at radius 3 is 1.46 bits per heavy atom. The van der Waals surface area contributed by atoms with E-state index in [1.54, 1.807) is 0 Å². The summed E-state index contributed by atoms with van der Waals surface area (Å²) < 4.78 is 6.83. The molecule has 12 rings (SSSR count). The first-order chi connectivity index (χ1) is 31.2. The first-order valence-electron chi connectivity index (χ1n) is 21.3. The molecule has 0 aliphatic rings. The van der Waals surface area contributed by atoms with Crippen LogP contribution in [-0.4, -0.2) is 15.0 Å². The quantitative estimate of drug-likeness (QED) is 0.151. The minimum absolute atomic E-state index is 0.582. The van der Waals surface area contributed by atoms with Gasteiger partial charge in [0.05, 0.1) is 0 Å². The van der Waals surface area contributed by atoms with Crippen LogP contribution in [-0.2, 0) is 0 Å². The van der Waals surface area contributed by atoms with Crippen molar-refractivity contribution in [1.82, 2.24) is 15.0 Å². The molecule has 2 heterocycles. The van der Waals surface area contributed by atoms with Crippen LogP contribution in [0.5, 0.6) is 0 Å². The highest BCUT2D eigenvalue weighted by atomic mass is 16.3. The Bertz CT molecular complexity index is 3650. The second-order valence-electron chi connectivity index (χ2n) is 15.9. The van der Waals surface area contributed by atoms with E-state index in [2.05, 4.69) is 200 Å². The maximum absolute atomic E-state index is 6.83. The molecular weight excluding hydrogens is 767 g/mol. The second kappa shape index (κ2) is 15.2. The summed E-state index contributed by atoms with van der Waals surface area (Å²) in [5.41, 5.74) is 13.4. The van der Waals surface area contributed by atoms with Crippen LogP contribution in [0.4, 0.5) is 0 Å². The third-order valence-electron chi connectivity index (χ3n) is 12.2. The Morgan fingerprint density at radius 2 is 0.746 bits per heavy atom. The highest BCUT2D eigenvalue weighted by Crippen LogP contribution is 2.42. The molecule has 0 saturated heterocycles. The molecule has 4 heteroatoms. The molecule has 0 spiro atoms. The topological polar surface area (TPSA) is 51.8 Å². The molecule has 0 unspecified atom stereocenters. The third kappa shape index (κ3) is 6.53. The van der Waals surface area contributed by atoms with Crippen LogP contribution in [0.3, 0.4) is 0 Å². The molecule has 0 saturated carbocycles. The van der Waals surface area contributed by atoms with Crippen LogP contribution in [0.2, 0.25) is 0 Å². The smallest absolute Gasteiger partial charge is 0.164 e. The molecule has 4 nitrogen and oxygen atoms in total. The molecule has 294 valence electrons. The zero-order valence-corrected chi connectivity index (χ0v) is 34.1. The van der Waals surface area contributed by atoms with Gasteiger partial charge in [0.25, 0.3) is 0 Å². The van der Waals surface area contributed by atoms with Crippen LogP contribution in [0.1, 0.15) is 0 Å². The van der Waals surface area contributed by atoms with Crippen LogP contribution in [0.15, 0.2) is 229 Å². The number of para-hydroxylation sites is 1. The first kappa shape index (κ1) is 36.4. The summed E-state index contributed by atoms with van der Waals surface area (Å²) >= 11 is 0. The zero-order valence-electron chi connectivity index (χ0n) is 34.1. The summed E-state index contributed by atoms with van der Waals surface area (Å²) in [5.74, 6) is 1.80. The van der Waals surface area contributed by atoms with Gasteiger partial charge in [-0.3, -0.25) is 0 Å². The minimum Gasteiger partial charge on any atom is -0.455 e. The van der Waals surface area contributed by atoms with Gasteiger partial charge in [-0.1, -0.05) is 206 Å². The fourth-order valence-corrected chi connectivity index (χ4v) is 9.04. The molecule has 0 amide bonds. The molecule has 0 bridgehead atoms. The standard InChI is InChI=1S/C59H37N3O/c1-3-14-38(15-4-1)40-28-30-42(31-29-40)44-19-11-20-45(36-44)48-24-12-25-51-55-52(26-13-27-54(55)63-56(48)51)58-60-57(43-34-32-41(33-35-43)39-16-5-2-6-17-39)61-59(62-58)53-37-46-18-7-8-21-47(46)49-22-9-10-23-50(49)53/h1-37H. The molecule has 0 aliphatic heterocycles. The summed E-state index contributed by atoms with van der Waals surface area (Å²) in [4.78, 5) is 15.9. The number of hydrogen-bond acceptors (Lipinski definition) is 4. The molecule has 12 aromatic rings. The number of benzene rings is 10. The summed E-state index contributed by atoms with van der Waals surface area (Å²) in [5, 5.41) is 6.54. The Kier molecular flexibility index (Phi) is 8.79. The predicted octanol–water partition coefficient (Wildman–Crippen LogP) is 15.7. The van der Waals surface area contributed by atoms with E-state index in [0.29, 0.717) is 17.5 Å². The van der Waals surface area contributed by atoms with Crippen molar-refractivity contribution in [2.75, 3.05) is 0 Å². The lowest BCUT2D eigenvalue weighted by molar-refractivity contribution is 0.670. The lowest BCUT2D eigenvalue weighted by atomic mass is 9.96. The van der Waals surface area contributed by atoms with Gasteiger partial charge in [-0.05, 0) is 78.7 Å². The van der Waals surface area contributed by atoms with Crippen molar-refractivity contribution in [2.45, 2.75) is 0 Å². The molecule has 0 fully saturated rings. The minimum atomic E-state index is 0.582. The summed E-state index contributed by atoms with van der Waals surface area (Å²) in [6.07, 6.45) is 0. The number of furan rings is 1. The molecule has 2 aromatic heterocycles. The fraction of sp³-hybridized carbons (Fsp3) is 0. The van der Waals surface area contributed by atoms with Crippen molar-refractivity contribution < 1.29 is 4.42 Å². The normalized spacial score (nSPS) is 11.5. The van der Waals surface area contributed by atoms with E-state index >= 15 is 0 Å². The number of aromatic nitrogens is 3. The van der Waals surface area contributed by atoms with Crippen LogP contribution in [0.25, 0.3) is 122 Å². The summed E-state index contributed by atoms with van der Waals surface area (Å²) in [6, 6.07) is 78.7. The second-order valence-corrected chi connectivity index (χ2v) is 15.9. The van der Waals surface area contributed by atoms with Crippen molar-refractivity contribution in [3.63, 3.8) is 0 Å². The summed E-state index contributed by atoms with van der Waals surface area (Å²) in [7, 11) is 0. The Morgan fingerprint density at radius 1 is 0.270 bits per heavy atom. The summed E-state index contributed by atoms with van der Waals surface area (Å²) in [6.45, 7) is 0. The van der Waals surface area contributed by atoms with Gasteiger partial charge < -0.3 is 4.42 Å². The monoisotopic (exact) mass is 803 g/mol. The maximum atomic E-state index is 6.83. The number of fused-ring (bicyclic) bond motifs is 6. The van der Waals surface area contributed by atoms with E-state index in [1.807, 2.05) is 24.3 Å². The molecule has 63 heavy (non-hydrogen) atoms. The van der Waals surface area contributed by atoms with E-state index in [9.17, 15) is 0 Å². The first-order valence-corrected chi connectivity index (χ1v) is 21.3. The Hall–Kier alpha value is -8.47. The number of hydrogen-bond donors (Lipinski definition) is 0. The average molecular weight is 804 g/mol. The maximum Gasteiger partial charge on any atom is 0.164 e. The molecule has 0 radical (unpaired) electrons. The molecule has 0 N–H and O–H groups in total. The van der Waals surface area contributed by atoms with Crippen LogP contribution in [0, 0.1) is 0 Å². The molecular formula is C59H37N3O. The van der Waals surface area contributed by atoms with Crippen molar-refractivity contribution in [3.8, 4) is 78.7 Å². The average Bonchev–Trinajstić information content (AvgIpc) is 3.76. The van der Waals surface area contributed by atoms with Gasteiger partial charge in [0.2, 0.25) is 0 Å². The van der Waals surface area contributed by atoms with Gasteiger partial charge in [0.15, 0.2) is 17.5 Å². The number of rotatable bonds is 7. The lowest BCUT2D eigenvalue weighted by Crippen LogP contribution is -2.01. The third-order valence-corrected chi connectivity index (χ3v) is 12.2.